The summed E-state index contributed by atoms with van der Waals surface area (Å²) in [5.41, 5.74) is -0.171. The highest BCUT2D eigenvalue weighted by atomic mass is 32.2. The molecule has 1 aromatic rings. The van der Waals surface area contributed by atoms with E-state index in [2.05, 4.69) is 23.9 Å². The van der Waals surface area contributed by atoms with Crippen LogP contribution in [-0.2, 0) is 14.8 Å². The van der Waals surface area contributed by atoms with Crippen LogP contribution < -0.4 is 0 Å². The minimum Gasteiger partial charge on any atom is -0.341 e. The van der Waals surface area contributed by atoms with E-state index >= 15 is 0 Å². The normalized spacial score (nSPS) is 32.9. The smallest absolute Gasteiger partial charge is 0.244 e. The molecular weight excluding hydrogens is 352 g/mol. The van der Waals surface area contributed by atoms with Gasteiger partial charge >= 0.3 is 0 Å². The third-order valence-corrected chi connectivity index (χ3v) is 8.06. The van der Waals surface area contributed by atoms with E-state index in [-0.39, 0.29) is 28.1 Å². The van der Waals surface area contributed by atoms with Crippen molar-refractivity contribution in [3.8, 4) is 0 Å². The first kappa shape index (κ1) is 17.9. The second-order valence-electron chi connectivity index (χ2n) is 8.30. The highest BCUT2D eigenvalue weighted by Gasteiger charge is 2.53. The van der Waals surface area contributed by atoms with E-state index in [0.717, 1.165) is 19.5 Å². The van der Waals surface area contributed by atoms with Gasteiger partial charge in [-0.2, -0.15) is 4.31 Å². The third kappa shape index (κ3) is 2.93. The monoisotopic (exact) mass is 378 g/mol. The number of carbonyl (C=O) groups excluding carboxylic acids is 1. The lowest BCUT2D eigenvalue weighted by atomic mass is 9.83. The Hall–Kier alpha value is -1.51. The first-order chi connectivity index (χ1) is 12.3. The number of nitrogens with zero attached hydrogens (tertiary/aromatic N) is 4. The lowest BCUT2D eigenvalue weighted by molar-refractivity contribution is -0.134. The second-order valence-corrected chi connectivity index (χ2v) is 10.2. The van der Waals surface area contributed by atoms with Gasteiger partial charge in [0.15, 0.2) is 0 Å². The topological polar surface area (TPSA) is 73.8 Å². The maximum atomic E-state index is 12.9. The molecule has 0 N–H and O–H groups in total. The van der Waals surface area contributed by atoms with Crippen LogP contribution in [0.2, 0.25) is 0 Å². The summed E-state index contributed by atoms with van der Waals surface area (Å²) >= 11 is 0. The number of carbonyl (C=O) groups is 1. The van der Waals surface area contributed by atoms with E-state index in [1.54, 1.807) is 22.6 Å². The molecule has 0 spiro atoms. The van der Waals surface area contributed by atoms with Crippen molar-refractivity contribution in [1.82, 2.24) is 19.1 Å². The van der Waals surface area contributed by atoms with Crippen molar-refractivity contribution in [1.29, 1.82) is 0 Å². The fourth-order valence-electron chi connectivity index (χ4n) is 4.68. The van der Waals surface area contributed by atoms with Crippen molar-refractivity contribution >= 4 is 15.9 Å². The largest absolute Gasteiger partial charge is 0.341 e. The van der Waals surface area contributed by atoms with Gasteiger partial charge in [0.05, 0.1) is 5.92 Å². The minimum absolute atomic E-state index is 0.0951. The van der Waals surface area contributed by atoms with Crippen LogP contribution in [0.4, 0.5) is 0 Å². The summed E-state index contributed by atoms with van der Waals surface area (Å²) in [5.74, 6) is 0.529. The van der Waals surface area contributed by atoms with Crippen molar-refractivity contribution in [3.63, 3.8) is 0 Å². The highest BCUT2D eigenvalue weighted by Crippen LogP contribution is 2.44. The SMILES string of the molecule is CN1CCC(C(=O)N2C[C@@H]3CN(S(=O)(=O)c4cccnc4)C[C@]3(C)C2)C1. The molecule has 0 saturated carbocycles. The number of sulfonamides is 1. The molecule has 4 heterocycles. The summed E-state index contributed by atoms with van der Waals surface area (Å²) in [4.78, 5) is 21.2. The van der Waals surface area contributed by atoms with Crippen molar-refractivity contribution in [2.45, 2.75) is 18.2 Å². The highest BCUT2D eigenvalue weighted by molar-refractivity contribution is 7.89. The molecule has 0 bridgehead atoms. The lowest BCUT2D eigenvalue weighted by Gasteiger charge is -2.26. The number of fused-ring (bicyclic) bond motifs is 1. The minimum atomic E-state index is -3.52. The number of hydrogen-bond donors (Lipinski definition) is 0. The predicted molar refractivity (Wildman–Crippen MR) is 96.8 cm³/mol. The number of likely N-dealkylation sites (tertiary alicyclic amines) is 2. The Kier molecular flexibility index (Phi) is 4.32. The van der Waals surface area contributed by atoms with Crippen molar-refractivity contribution in [3.05, 3.63) is 24.5 Å². The average molecular weight is 378 g/mol. The molecule has 3 saturated heterocycles. The average Bonchev–Trinajstić information content (AvgIpc) is 3.26. The quantitative estimate of drug-likeness (QED) is 0.766. The number of rotatable bonds is 3. The molecule has 1 aromatic heterocycles. The molecule has 26 heavy (non-hydrogen) atoms. The Morgan fingerprint density at radius 1 is 1.27 bits per heavy atom. The van der Waals surface area contributed by atoms with Crippen LogP contribution in [0.15, 0.2) is 29.4 Å². The van der Waals surface area contributed by atoms with Crippen LogP contribution in [-0.4, -0.2) is 79.7 Å². The van der Waals surface area contributed by atoms with Gasteiger partial charge in [-0.15, -0.1) is 0 Å². The Morgan fingerprint density at radius 3 is 2.69 bits per heavy atom. The fourth-order valence-corrected chi connectivity index (χ4v) is 6.26. The zero-order valence-corrected chi connectivity index (χ0v) is 16.2. The lowest BCUT2D eigenvalue weighted by Crippen LogP contribution is -2.40. The van der Waals surface area contributed by atoms with E-state index in [0.29, 0.717) is 26.2 Å². The van der Waals surface area contributed by atoms with E-state index in [1.807, 2.05) is 4.90 Å². The van der Waals surface area contributed by atoms with Crippen LogP contribution in [0.1, 0.15) is 13.3 Å². The van der Waals surface area contributed by atoms with Crippen LogP contribution >= 0.6 is 0 Å². The molecule has 1 amide bonds. The van der Waals surface area contributed by atoms with Crippen molar-refractivity contribution in [2.24, 2.45) is 17.3 Å². The Morgan fingerprint density at radius 2 is 2.08 bits per heavy atom. The summed E-state index contributed by atoms with van der Waals surface area (Å²) in [5, 5.41) is 0. The molecule has 0 aliphatic carbocycles. The first-order valence-electron chi connectivity index (χ1n) is 9.17. The molecule has 7 nitrogen and oxygen atoms in total. The molecule has 8 heteroatoms. The molecular formula is C18H26N4O3S. The van der Waals surface area contributed by atoms with Crippen LogP contribution in [0, 0.1) is 17.3 Å². The van der Waals surface area contributed by atoms with E-state index in [1.165, 1.54) is 6.20 Å². The van der Waals surface area contributed by atoms with Gasteiger partial charge in [0.2, 0.25) is 15.9 Å². The zero-order chi connectivity index (χ0) is 18.5. The number of pyridine rings is 1. The van der Waals surface area contributed by atoms with E-state index < -0.39 is 10.0 Å². The first-order valence-corrected chi connectivity index (χ1v) is 10.6. The van der Waals surface area contributed by atoms with E-state index in [9.17, 15) is 13.2 Å². The van der Waals surface area contributed by atoms with Crippen LogP contribution in [0.5, 0.6) is 0 Å². The number of aromatic nitrogens is 1. The van der Waals surface area contributed by atoms with Gasteiger partial charge in [-0.05, 0) is 38.1 Å². The standard InChI is InChI=1S/C18H26N4O3S/c1-18-12-21(17(23)14-5-7-20(2)9-14)10-15(18)11-22(13-18)26(24,25)16-4-3-6-19-8-16/h3-4,6,8,14-15H,5,7,9-13H2,1-2H3/t14?,15-,18+/m1/s1. The molecule has 0 radical (unpaired) electrons. The maximum absolute atomic E-state index is 12.9. The van der Waals surface area contributed by atoms with Gasteiger partial charge in [-0.25, -0.2) is 8.42 Å². The van der Waals surface area contributed by atoms with Crippen molar-refractivity contribution < 1.29 is 13.2 Å². The van der Waals surface area contributed by atoms with Gasteiger partial charge < -0.3 is 9.80 Å². The molecule has 0 aromatic carbocycles. The third-order valence-electron chi connectivity index (χ3n) is 6.26. The van der Waals surface area contributed by atoms with Gasteiger partial charge in [-0.1, -0.05) is 6.92 Å². The Bertz CT molecular complexity index is 800. The van der Waals surface area contributed by atoms with Crippen molar-refractivity contribution in [2.75, 3.05) is 46.3 Å². The van der Waals surface area contributed by atoms with Gasteiger partial charge in [-0.3, -0.25) is 9.78 Å². The number of hydrogen-bond acceptors (Lipinski definition) is 5. The molecule has 142 valence electrons. The maximum Gasteiger partial charge on any atom is 0.244 e. The number of amides is 1. The molecule has 3 aliphatic rings. The zero-order valence-electron chi connectivity index (χ0n) is 15.3. The summed E-state index contributed by atoms with van der Waals surface area (Å²) in [6.07, 6.45) is 3.90. The Labute approximate surface area is 155 Å². The van der Waals surface area contributed by atoms with Crippen LogP contribution in [0.25, 0.3) is 0 Å². The summed E-state index contributed by atoms with van der Waals surface area (Å²) in [7, 11) is -1.47. The van der Waals surface area contributed by atoms with Gasteiger partial charge in [0.1, 0.15) is 4.90 Å². The predicted octanol–water partition coefficient (Wildman–Crippen LogP) is 0.502. The van der Waals surface area contributed by atoms with Crippen LogP contribution in [0.3, 0.4) is 0 Å². The molecule has 4 rings (SSSR count). The van der Waals surface area contributed by atoms with Gasteiger partial charge in [0, 0.05) is 50.5 Å². The molecule has 3 aliphatic heterocycles. The molecule has 1 unspecified atom stereocenters. The Balaban J connectivity index is 1.46. The van der Waals surface area contributed by atoms with Gasteiger partial charge in [0.25, 0.3) is 0 Å². The summed E-state index contributed by atoms with van der Waals surface area (Å²) < 4.78 is 27.3. The van der Waals surface area contributed by atoms with E-state index in [4.69, 9.17) is 0 Å². The fraction of sp³-hybridized carbons (Fsp3) is 0.667. The summed E-state index contributed by atoms with van der Waals surface area (Å²) in [6, 6.07) is 3.23. The summed E-state index contributed by atoms with van der Waals surface area (Å²) in [6.45, 7) is 6.17. The molecule has 3 atom stereocenters. The second kappa shape index (κ2) is 6.28. The molecule has 3 fully saturated rings.